The number of carbonyl (C=O) groups excluding carboxylic acids is 2. The highest BCUT2D eigenvalue weighted by Crippen LogP contribution is 2.20. The summed E-state index contributed by atoms with van der Waals surface area (Å²) in [6, 6.07) is 4.48. The van der Waals surface area contributed by atoms with Crippen molar-refractivity contribution in [3.63, 3.8) is 0 Å². The number of rotatable bonds is 3. The molecule has 110 valence electrons. The second kappa shape index (κ2) is 6.27. The first-order chi connectivity index (χ1) is 9.24. The van der Waals surface area contributed by atoms with Gasteiger partial charge in [-0.3, -0.25) is 10.1 Å². The Morgan fingerprint density at radius 1 is 1.30 bits per heavy atom. The van der Waals surface area contributed by atoms with Crippen LogP contribution < -0.4 is 10.6 Å². The second-order valence-electron chi connectivity index (χ2n) is 3.87. The van der Waals surface area contributed by atoms with Crippen molar-refractivity contribution in [3.05, 3.63) is 29.3 Å². The fraction of sp³-hybridized carbons (Fsp3) is 0.333. The minimum absolute atomic E-state index is 0.207. The first kappa shape index (κ1) is 15.8. The molecule has 20 heavy (non-hydrogen) atoms. The topological polar surface area (TPSA) is 67.4 Å². The normalized spacial score (nSPS) is 10.8. The lowest BCUT2D eigenvalue weighted by atomic mass is 10.1. The maximum Gasteiger partial charge on any atom is 0.422 e. The summed E-state index contributed by atoms with van der Waals surface area (Å²) in [5.41, 5.74) is 0.940. The number of halogens is 3. The molecule has 0 heterocycles. The highest BCUT2D eigenvalue weighted by Gasteiger charge is 2.29. The number of carbonyl (C=O) groups is 2. The fourth-order valence-electron chi connectivity index (χ4n) is 1.45. The Labute approximate surface area is 113 Å². The number of nitrogens with one attached hydrogen (secondary N) is 2. The van der Waals surface area contributed by atoms with Gasteiger partial charge in [-0.25, -0.2) is 4.79 Å². The Balaban J connectivity index is 2.78. The number of benzene rings is 1. The van der Waals surface area contributed by atoms with Crippen molar-refractivity contribution in [1.29, 1.82) is 0 Å². The fourth-order valence-corrected chi connectivity index (χ4v) is 1.45. The van der Waals surface area contributed by atoms with Gasteiger partial charge in [-0.15, -0.1) is 0 Å². The van der Waals surface area contributed by atoms with Crippen molar-refractivity contribution >= 4 is 17.7 Å². The lowest BCUT2D eigenvalue weighted by Gasteiger charge is -2.12. The molecule has 0 atom stereocenters. The van der Waals surface area contributed by atoms with Gasteiger partial charge in [-0.05, 0) is 24.6 Å². The first-order valence-corrected chi connectivity index (χ1v) is 5.57. The molecule has 0 aliphatic rings. The van der Waals surface area contributed by atoms with Gasteiger partial charge in [0.1, 0.15) is 0 Å². The maximum atomic E-state index is 11.9. The van der Waals surface area contributed by atoms with E-state index in [2.05, 4.69) is 15.4 Å². The Bertz CT molecular complexity index is 515. The number of anilines is 1. The van der Waals surface area contributed by atoms with E-state index in [0.717, 1.165) is 0 Å². The van der Waals surface area contributed by atoms with E-state index in [1.807, 2.05) is 0 Å². The van der Waals surface area contributed by atoms with Crippen molar-refractivity contribution in [3.8, 4) is 0 Å². The molecule has 0 spiro atoms. The lowest BCUT2D eigenvalue weighted by Crippen LogP contribution is -2.24. The lowest BCUT2D eigenvalue weighted by molar-refractivity contribution is -0.159. The molecule has 1 rings (SSSR count). The monoisotopic (exact) mass is 290 g/mol. The number of alkyl halides is 3. The molecule has 0 saturated heterocycles. The molecule has 1 aromatic carbocycles. The van der Waals surface area contributed by atoms with Crippen LogP contribution in [0.4, 0.5) is 23.7 Å². The van der Waals surface area contributed by atoms with Crippen molar-refractivity contribution in [2.45, 2.75) is 13.1 Å². The molecule has 0 fully saturated rings. The summed E-state index contributed by atoms with van der Waals surface area (Å²) in [5, 5.41) is 4.58. The zero-order valence-corrected chi connectivity index (χ0v) is 10.8. The van der Waals surface area contributed by atoms with Crippen LogP contribution in [-0.2, 0) is 4.74 Å². The molecule has 0 radical (unpaired) electrons. The van der Waals surface area contributed by atoms with Crippen LogP contribution in [0.1, 0.15) is 15.9 Å². The van der Waals surface area contributed by atoms with Crippen molar-refractivity contribution < 1.29 is 27.5 Å². The first-order valence-electron chi connectivity index (χ1n) is 5.57. The Hall–Kier alpha value is -2.25. The van der Waals surface area contributed by atoms with Gasteiger partial charge in [-0.1, -0.05) is 6.07 Å². The third-order valence-corrected chi connectivity index (χ3v) is 2.41. The van der Waals surface area contributed by atoms with Gasteiger partial charge in [0.25, 0.3) is 5.91 Å². The van der Waals surface area contributed by atoms with Crippen LogP contribution in [0.15, 0.2) is 18.2 Å². The van der Waals surface area contributed by atoms with E-state index in [9.17, 15) is 22.8 Å². The molecule has 1 aromatic rings. The molecule has 0 aliphatic heterocycles. The largest absolute Gasteiger partial charge is 0.440 e. The van der Waals surface area contributed by atoms with Gasteiger partial charge in [0, 0.05) is 18.3 Å². The summed E-state index contributed by atoms with van der Waals surface area (Å²) in [7, 11) is 1.44. The average Bonchev–Trinajstić information content (AvgIpc) is 2.37. The quantitative estimate of drug-likeness (QED) is 0.898. The number of hydrogen-bond acceptors (Lipinski definition) is 3. The number of amides is 2. The van der Waals surface area contributed by atoms with Crippen molar-refractivity contribution in [2.75, 3.05) is 19.0 Å². The van der Waals surface area contributed by atoms with Crippen LogP contribution in [-0.4, -0.2) is 31.8 Å². The SMILES string of the molecule is CNC(=O)c1cccc(NC(=O)OCC(F)(F)F)c1C. The standard InChI is InChI=1S/C12H13F3N2O3/c1-7-8(10(18)16-2)4-3-5-9(7)17-11(19)20-6-12(13,14)15/h3-5H,6H2,1-2H3,(H,16,18)(H,17,19). The Morgan fingerprint density at radius 3 is 2.50 bits per heavy atom. The van der Waals surface area contributed by atoms with E-state index in [0.29, 0.717) is 11.1 Å². The summed E-state index contributed by atoms with van der Waals surface area (Å²) >= 11 is 0. The van der Waals surface area contributed by atoms with Crippen molar-refractivity contribution in [2.24, 2.45) is 0 Å². The van der Waals surface area contributed by atoms with Crippen LogP contribution >= 0.6 is 0 Å². The van der Waals surface area contributed by atoms with Gasteiger partial charge in [-0.2, -0.15) is 13.2 Å². The third kappa shape index (κ3) is 4.45. The molecule has 0 saturated carbocycles. The summed E-state index contributed by atoms with van der Waals surface area (Å²) in [6.45, 7) is -0.114. The minimum Gasteiger partial charge on any atom is -0.440 e. The highest BCUT2D eigenvalue weighted by atomic mass is 19.4. The molecular weight excluding hydrogens is 277 g/mol. The Kier molecular flexibility index (Phi) is 4.95. The van der Waals surface area contributed by atoms with Crippen LogP contribution in [0.5, 0.6) is 0 Å². The van der Waals surface area contributed by atoms with Crippen LogP contribution in [0.2, 0.25) is 0 Å². The van der Waals surface area contributed by atoms with E-state index in [4.69, 9.17) is 0 Å². The molecular formula is C12H13F3N2O3. The van der Waals surface area contributed by atoms with Gasteiger partial charge in [0.2, 0.25) is 0 Å². The third-order valence-electron chi connectivity index (χ3n) is 2.41. The summed E-state index contributed by atoms with van der Waals surface area (Å²) in [4.78, 5) is 22.8. The van der Waals surface area contributed by atoms with E-state index in [1.165, 1.54) is 25.2 Å². The highest BCUT2D eigenvalue weighted by molar-refractivity contribution is 5.98. The predicted octanol–water partition coefficient (Wildman–Crippen LogP) is 2.47. The summed E-state index contributed by atoms with van der Waals surface area (Å²) in [6.07, 6.45) is -5.82. The summed E-state index contributed by atoms with van der Waals surface area (Å²) < 4.78 is 39.7. The van der Waals surface area contributed by atoms with Crippen LogP contribution in [0.3, 0.4) is 0 Å². The second-order valence-corrected chi connectivity index (χ2v) is 3.87. The van der Waals surface area contributed by atoms with E-state index < -0.39 is 18.9 Å². The number of hydrogen-bond donors (Lipinski definition) is 2. The smallest absolute Gasteiger partial charge is 0.422 e. The maximum absolute atomic E-state index is 11.9. The molecule has 2 amide bonds. The Morgan fingerprint density at radius 2 is 1.95 bits per heavy atom. The van der Waals surface area contributed by atoms with Gasteiger partial charge < -0.3 is 10.1 Å². The van der Waals surface area contributed by atoms with Gasteiger partial charge >= 0.3 is 12.3 Å². The predicted molar refractivity (Wildman–Crippen MR) is 65.6 cm³/mol. The molecule has 2 N–H and O–H groups in total. The van der Waals surface area contributed by atoms with E-state index in [1.54, 1.807) is 6.92 Å². The van der Waals surface area contributed by atoms with Crippen molar-refractivity contribution in [1.82, 2.24) is 5.32 Å². The molecule has 0 unspecified atom stereocenters. The molecule has 8 heteroatoms. The van der Waals surface area contributed by atoms with Gasteiger partial charge in [0.15, 0.2) is 6.61 Å². The zero-order chi connectivity index (χ0) is 15.3. The molecule has 0 aliphatic carbocycles. The number of ether oxygens (including phenoxy) is 1. The average molecular weight is 290 g/mol. The summed E-state index contributed by atoms with van der Waals surface area (Å²) in [5.74, 6) is -0.366. The molecule has 0 aromatic heterocycles. The van der Waals surface area contributed by atoms with Crippen LogP contribution in [0.25, 0.3) is 0 Å². The van der Waals surface area contributed by atoms with Gasteiger partial charge in [0.05, 0.1) is 0 Å². The minimum atomic E-state index is -4.59. The molecule has 0 bridgehead atoms. The zero-order valence-electron chi connectivity index (χ0n) is 10.8. The molecule has 5 nitrogen and oxygen atoms in total. The van der Waals surface area contributed by atoms with E-state index in [-0.39, 0.29) is 11.6 Å². The van der Waals surface area contributed by atoms with E-state index >= 15 is 0 Å². The van der Waals surface area contributed by atoms with Crippen LogP contribution in [0, 0.1) is 6.92 Å².